The number of aromatic nitrogens is 3. The van der Waals surface area contributed by atoms with Gasteiger partial charge in [0.15, 0.2) is 16.6 Å². The molecule has 1 amide bonds. The smallest absolute Gasteiger partial charge is 0.280 e. The molecule has 3 rings (SSSR count). The average Bonchev–Trinajstić information content (AvgIpc) is 3.21. The molecule has 29 heavy (non-hydrogen) atoms. The molecule has 0 aliphatic carbocycles. The second-order valence-electron chi connectivity index (χ2n) is 6.55. The first-order chi connectivity index (χ1) is 13.3. The number of hydrogen-bond donors (Lipinski definition) is 0. The van der Waals surface area contributed by atoms with Crippen molar-refractivity contribution in [2.75, 3.05) is 31.1 Å². The second-order valence-corrected chi connectivity index (χ2v) is 7.56. The molecule has 2 aromatic heterocycles. The zero-order valence-corrected chi connectivity index (χ0v) is 18.4. The summed E-state index contributed by atoms with van der Waals surface area (Å²) in [6, 6.07) is 2.04. The number of thiazole rings is 1. The van der Waals surface area contributed by atoms with Crippen molar-refractivity contribution in [1.82, 2.24) is 19.7 Å². The van der Waals surface area contributed by atoms with Crippen molar-refractivity contribution in [3.05, 3.63) is 41.2 Å². The van der Waals surface area contributed by atoms with E-state index in [-0.39, 0.29) is 23.8 Å². The Bertz CT molecular complexity index is 1000. The number of amides is 1. The van der Waals surface area contributed by atoms with Crippen molar-refractivity contribution in [3.8, 4) is 0 Å². The number of aryl methyl sites for hydroxylation is 2. The summed E-state index contributed by atoms with van der Waals surface area (Å²) in [5.74, 6) is -1.70. The van der Waals surface area contributed by atoms with E-state index in [9.17, 15) is 13.6 Å². The Morgan fingerprint density at radius 2 is 1.90 bits per heavy atom. The molecule has 0 aliphatic rings. The van der Waals surface area contributed by atoms with Crippen LogP contribution in [0.4, 0.5) is 13.9 Å². The van der Waals surface area contributed by atoms with E-state index in [1.165, 1.54) is 11.0 Å². The standard InChI is InChI=1S/C19H23F2N5OS.ClH/c1-5-25(6-2)7-8-26(18(27)16-12(3)11-24(4)23-16)19-22-17-14(21)9-13(20)10-15(17)28-19;/h9-11H,5-8H2,1-4H3;1H. The maximum absolute atomic E-state index is 14.1. The highest BCUT2D eigenvalue weighted by Crippen LogP contribution is 2.32. The Labute approximate surface area is 178 Å². The highest BCUT2D eigenvalue weighted by atomic mass is 35.5. The van der Waals surface area contributed by atoms with E-state index in [0.717, 1.165) is 36.1 Å². The fourth-order valence-electron chi connectivity index (χ4n) is 3.07. The van der Waals surface area contributed by atoms with Gasteiger partial charge >= 0.3 is 0 Å². The topological polar surface area (TPSA) is 54.3 Å². The fourth-order valence-corrected chi connectivity index (χ4v) is 4.10. The summed E-state index contributed by atoms with van der Waals surface area (Å²) >= 11 is 1.10. The van der Waals surface area contributed by atoms with E-state index in [1.54, 1.807) is 17.9 Å². The van der Waals surface area contributed by atoms with Gasteiger partial charge in [0.1, 0.15) is 11.3 Å². The molecule has 3 aromatic rings. The second kappa shape index (κ2) is 9.60. The van der Waals surface area contributed by atoms with E-state index in [2.05, 4.69) is 28.8 Å². The third-order valence-corrected chi connectivity index (χ3v) is 5.65. The molecule has 0 fully saturated rings. The third-order valence-electron chi connectivity index (χ3n) is 4.63. The van der Waals surface area contributed by atoms with Crippen LogP contribution in [0.1, 0.15) is 29.9 Å². The lowest BCUT2D eigenvalue weighted by Crippen LogP contribution is -2.39. The van der Waals surface area contributed by atoms with Crippen molar-refractivity contribution in [3.63, 3.8) is 0 Å². The van der Waals surface area contributed by atoms with E-state index < -0.39 is 11.6 Å². The lowest BCUT2D eigenvalue weighted by Gasteiger charge is -2.24. The minimum absolute atomic E-state index is 0. The molecule has 0 aliphatic heterocycles. The van der Waals surface area contributed by atoms with Gasteiger partial charge in [-0.05, 0) is 26.1 Å². The summed E-state index contributed by atoms with van der Waals surface area (Å²) in [6.45, 7) is 8.62. The molecule has 158 valence electrons. The van der Waals surface area contributed by atoms with Gasteiger partial charge in [-0.15, -0.1) is 12.4 Å². The van der Waals surface area contributed by atoms with Gasteiger partial charge in [-0.2, -0.15) is 5.10 Å². The molecule has 0 atom stereocenters. The number of hydrogen-bond acceptors (Lipinski definition) is 5. The molecule has 1 aromatic carbocycles. The highest BCUT2D eigenvalue weighted by molar-refractivity contribution is 7.22. The molecule has 10 heteroatoms. The number of rotatable bonds is 7. The average molecular weight is 444 g/mol. The normalized spacial score (nSPS) is 11.1. The molecular weight excluding hydrogens is 420 g/mol. The number of halogens is 3. The number of anilines is 1. The number of likely N-dealkylation sites (N-methyl/N-ethyl adjacent to an activating group) is 1. The van der Waals surface area contributed by atoms with E-state index in [1.807, 2.05) is 6.92 Å². The van der Waals surface area contributed by atoms with Crippen LogP contribution in [0.15, 0.2) is 18.3 Å². The summed E-state index contributed by atoms with van der Waals surface area (Å²) < 4.78 is 29.6. The van der Waals surface area contributed by atoms with Crippen LogP contribution in [-0.4, -0.2) is 51.8 Å². The van der Waals surface area contributed by atoms with Gasteiger partial charge in [0, 0.05) is 38.0 Å². The van der Waals surface area contributed by atoms with Crippen molar-refractivity contribution in [2.24, 2.45) is 7.05 Å². The zero-order chi connectivity index (χ0) is 20.4. The molecule has 0 saturated heterocycles. The van der Waals surface area contributed by atoms with Crippen molar-refractivity contribution >= 4 is 45.0 Å². The fraction of sp³-hybridized carbons (Fsp3) is 0.421. The molecule has 6 nitrogen and oxygen atoms in total. The third kappa shape index (κ3) is 4.91. The maximum Gasteiger partial charge on any atom is 0.280 e. The minimum atomic E-state index is -0.734. The maximum atomic E-state index is 14.1. The number of carbonyl (C=O) groups excluding carboxylic acids is 1. The number of nitrogens with zero attached hydrogens (tertiary/aromatic N) is 5. The number of fused-ring (bicyclic) bond motifs is 1. The van der Waals surface area contributed by atoms with E-state index in [4.69, 9.17) is 0 Å². The summed E-state index contributed by atoms with van der Waals surface area (Å²) in [4.78, 5) is 21.2. The molecule has 0 unspecified atom stereocenters. The van der Waals surface area contributed by atoms with E-state index >= 15 is 0 Å². The monoisotopic (exact) mass is 443 g/mol. The summed E-state index contributed by atoms with van der Waals surface area (Å²) in [5.41, 5.74) is 1.14. The number of benzene rings is 1. The molecular formula is C19H24ClF2N5OS. The Balaban J connectivity index is 0.00000300. The highest BCUT2D eigenvalue weighted by Gasteiger charge is 2.26. The van der Waals surface area contributed by atoms with Crippen molar-refractivity contribution in [2.45, 2.75) is 20.8 Å². The van der Waals surface area contributed by atoms with Crippen LogP contribution >= 0.6 is 23.7 Å². The molecule has 2 heterocycles. The Morgan fingerprint density at radius 3 is 2.48 bits per heavy atom. The lowest BCUT2D eigenvalue weighted by molar-refractivity contribution is 0.0977. The van der Waals surface area contributed by atoms with Crippen molar-refractivity contribution in [1.29, 1.82) is 0 Å². The molecule has 0 bridgehead atoms. The van der Waals surface area contributed by atoms with E-state index in [0.29, 0.717) is 28.6 Å². The van der Waals surface area contributed by atoms with Gasteiger partial charge in [-0.3, -0.25) is 14.4 Å². The van der Waals surface area contributed by atoms with Crippen LogP contribution in [-0.2, 0) is 7.05 Å². The first-order valence-electron chi connectivity index (χ1n) is 9.14. The molecule has 0 saturated carbocycles. The van der Waals surface area contributed by atoms with Gasteiger partial charge in [-0.1, -0.05) is 25.2 Å². The zero-order valence-electron chi connectivity index (χ0n) is 16.8. The Morgan fingerprint density at radius 1 is 1.21 bits per heavy atom. The van der Waals surface area contributed by atoms with Crippen molar-refractivity contribution < 1.29 is 13.6 Å². The summed E-state index contributed by atoms with van der Waals surface area (Å²) in [7, 11) is 1.75. The van der Waals surface area contributed by atoms with Gasteiger partial charge in [0.25, 0.3) is 5.91 Å². The molecule has 0 N–H and O–H groups in total. The van der Waals surface area contributed by atoms with Crippen LogP contribution in [0.2, 0.25) is 0 Å². The first kappa shape index (κ1) is 23.2. The van der Waals surface area contributed by atoms with Gasteiger partial charge in [0.2, 0.25) is 0 Å². The predicted octanol–water partition coefficient (Wildman–Crippen LogP) is 4.03. The Kier molecular flexibility index (Phi) is 7.67. The summed E-state index contributed by atoms with van der Waals surface area (Å²) in [5, 5.41) is 4.60. The van der Waals surface area contributed by atoms with Gasteiger partial charge in [-0.25, -0.2) is 13.8 Å². The van der Waals surface area contributed by atoms with Crippen LogP contribution in [0.5, 0.6) is 0 Å². The minimum Gasteiger partial charge on any atom is -0.302 e. The molecule has 0 spiro atoms. The Hall–Kier alpha value is -2.10. The quantitative estimate of drug-likeness (QED) is 0.553. The number of carbonyl (C=O) groups is 1. The van der Waals surface area contributed by atoms with Gasteiger partial charge < -0.3 is 4.90 Å². The first-order valence-corrected chi connectivity index (χ1v) is 9.95. The predicted molar refractivity (Wildman–Crippen MR) is 114 cm³/mol. The molecule has 0 radical (unpaired) electrons. The van der Waals surface area contributed by atoms with Crippen LogP contribution < -0.4 is 4.90 Å². The summed E-state index contributed by atoms with van der Waals surface area (Å²) in [6.07, 6.45) is 1.77. The van der Waals surface area contributed by atoms with Crippen LogP contribution in [0.25, 0.3) is 10.2 Å². The van der Waals surface area contributed by atoms with Crippen LogP contribution in [0.3, 0.4) is 0 Å². The largest absolute Gasteiger partial charge is 0.302 e. The van der Waals surface area contributed by atoms with Crippen LogP contribution in [0, 0.1) is 18.6 Å². The SMILES string of the molecule is CCN(CC)CCN(C(=O)c1nn(C)cc1C)c1nc2c(F)cc(F)cc2s1.Cl. The lowest BCUT2D eigenvalue weighted by atomic mass is 10.2. The van der Waals surface area contributed by atoms with Gasteiger partial charge in [0.05, 0.1) is 4.70 Å².